The van der Waals surface area contributed by atoms with Crippen LogP contribution in [-0.2, 0) is 22.6 Å². The summed E-state index contributed by atoms with van der Waals surface area (Å²) in [5, 5.41) is 12.0. The highest BCUT2D eigenvalue weighted by molar-refractivity contribution is 5.82. The van der Waals surface area contributed by atoms with Crippen LogP contribution in [0.5, 0.6) is 0 Å². The van der Waals surface area contributed by atoms with E-state index in [0.29, 0.717) is 19.6 Å². The maximum Gasteiger partial charge on any atom is 0.227 e. The first-order chi connectivity index (χ1) is 11.8. The lowest BCUT2D eigenvalue weighted by Gasteiger charge is -2.35. The Balaban J connectivity index is 1.72. The number of piperidine rings is 1. The molecule has 0 atom stereocenters. The first-order valence-electron chi connectivity index (χ1n) is 9.07. The number of aliphatic hydroxyl groups excluding tert-OH is 1. The molecule has 1 aliphatic heterocycles. The average molecular weight is 346 g/mol. The SMILES string of the molecule is CC(C)(C)C(=O)N1CCC(C(=O)NCCc2ccc(CO)cc2)CC1. The normalized spacial score (nSPS) is 15.9. The highest BCUT2D eigenvalue weighted by Gasteiger charge is 2.32. The third-order valence-electron chi connectivity index (χ3n) is 4.71. The van der Waals surface area contributed by atoms with Crippen molar-refractivity contribution >= 4 is 11.8 Å². The summed E-state index contributed by atoms with van der Waals surface area (Å²) in [5.41, 5.74) is 1.67. The minimum Gasteiger partial charge on any atom is -0.392 e. The number of hydrogen-bond donors (Lipinski definition) is 2. The summed E-state index contributed by atoms with van der Waals surface area (Å²) in [6, 6.07) is 7.76. The van der Waals surface area contributed by atoms with E-state index in [4.69, 9.17) is 5.11 Å². The zero-order valence-corrected chi connectivity index (χ0v) is 15.5. The van der Waals surface area contributed by atoms with Gasteiger partial charge in [0.1, 0.15) is 0 Å². The fraction of sp³-hybridized carbons (Fsp3) is 0.600. The van der Waals surface area contributed by atoms with Crippen molar-refractivity contribution in [1.29, 1.82) is 0 Å². The van der Waals surface area contributed by atoms with E-state index in [1.165, 1.54) is 0 Å². The van der Waals surface area contributed by atoms with Crippen molar-refractivity contribution in [3.8, 4) is 0 Å². The molecule has 0 radical (unpaired) electrons. The monoisotopic (exact) mass is 346 g/mol. The Morgan fingerprint density at radius 2 is 1.68 bits per heavy atom. The number of aliphatic hydroxyl groups is 1. The van der Waals surface area contributed by atoms with Crippen LogP contribution in [-0.4, -0.2) is 41.5 Å². The molecule has 25 heavy (non-hydrogen) atoms. The highest BCUT2D eigenvalue weighted by Crippen LogP contribution is 2.23. The highest BCUT2D eigenvalue weighted by atomic mass is 16.3. The Morgan fingerprint density at radius 1 is 1.12 bits per heavy atom. The summed E-state index contributed by atoms with van der Waals surface area (Å²) in [4.78, 5) is 26.5. The summed E-state index contributed by atoms with van der Waals surface area (Å²) >= 11 is 0. The van der Waals surface area contributed by atoms with Crippen LogP contribution in [0.1, 0.15) is 44.7 Å². The summed E-state index contributed by atoms with van der Waals surface area (Å²) in [6.45, 7) is 7.78. The van der Waals surface area contributed by atoms with Gasteiger partial charge in [-0.1, -0.05) is 45.0 Å². The summed E-state index contributed by atoms with van der Waals surface area (Å²) in [6.07, 6.45) is 2.25. The molecule has 2 N–H and O–H groups in total. The van der Waals surface area contributed by atoms with Crippen molar-refractivity contribution < 1.29 is 14.7 Å². The number of hydrogen-bond acceptors (Lipinski definition) is 3. The van der Waals surface area contributed by atoms with E-state index < -0.39 is 0 Å². The number of amides is 2. The third kappa shape index (κ3) is 5.56. The lowest BCUT2D eigenvalue weighted by atomic mass is 9.90. The molecule has 0 bridgehead atoms. The van der Waals surface area contributed by atoms with Crippen molar-refractivity contribution in [2.24, 2.45) is 11.3 Å². The van der Waals surface area contributed by atoms with E-state index in [9.17, 15) is 9.59 Å². The van der Waals surface area contributed by atoms with E-state index in [-0.39, 0.29) is 29.8 Å². The molecule has 0 aromatic heterocycles. The zero-order valence-electron chi connectivity index (χ0n) is 15.5. The van der Waals surface area contributed by atoms with Gasteiger partial charge in [-0.25, -0.2) is 0 Å². The van der Waals surface area contributed by atoms with Crippen molar-refractivity contribution in [2.75, 3.05) is 19.6 Å². The van der Waals surface area contributed by atoms with Gasteiger partial charge in [-0.15, -0.1) is 0 Å². The molecule has 5 heteroatoms. The Labute approximate surface area is 150 Å². The van der Waals surface area contributed by atoms with Crippen molar-refractivity contribution in [3.63, 3.8) is 0 Å². The molecule has 0 saturated carbocycles. The summed E-state index contributed by atoms with van der Waals surface area (Å²) in [7, 11) is 0. The van der Waals surface area contributed by atoms with E-state index in [1.54, 1.807) is 0 Å². The number of carbonyl (C=O) groups excluding carboxylic acids is 2. The fourth-order valence-corrected chi connectivity index (χ4v) is 3.10. The largest absolute Gasteiger partial charge is 0.392 e. The van der Waals surface area contributed by atoms with Gasteiger partial charge in [-0.3, -0.25) is 9.59 Å². The molecule has 1 heterocycles. The maximum atomic E-state index is 12.3. The molecule has 0 unspecified atom stereocenters. The van der Waals surface area contributed by atoms with Gasteiger partial charge in [0.25, 0.3) is 0 Å². The van der Waals surface area contributed by atoms with Crippen LogP contribution in [0.25, 0.3) is 0 Å². The molecule has 1 saturated heterocycles. The molecule has 1 aromatic carbocycles. The van der Waals surface area contributed by atoms with E-state index in [0.717, 1.165) is 30.4 Å². The number of nitrogens with one attached hydrogen (secondary N) is 1. The van der Waals surface area contributed by atoms with Gasteiger partial charge < -0.3 is 15.3 Å². The van der Waals surface area contributed by atoms with Gasteiger partial charge in [0.05, 0.1) is 6.61 Å². The number of nitrogens with zero attached hydrogens (tertiary/aromatic N) is 1. The quantitative estimate of drug-likeness (QED) is 0.858. The van der Waals surface area contributed by atoms with Gasteiger partial charge >= 0.3 is 0 Å². The van der Waals surface area contributed by atoms with Gasteiger partial charge in [0, 0.05) is 31.0 Å². The first kappa shape index (κ1) is 19.4. The van der Waals surface area contributed by atoms with Crippen molar-refractivity contribution in [3.05, 3.63) is 35.4 Å². The van der Waals surface area contributed by atoms with Crippen LogP contribution in [0.4, 0.5) is 0 Å². The van der Waals surface area contributed by atoms with Crippen LogP contribution in [0.3, 0.4) is 0 Å². The minimum atomic E-state index is -0.360. The third-order valence-corrected chi connectivity index (χ3v) is 4.71. The van der Waals surface area contributed by atoms with E-state index in [2.05, 4.69) is 5.32 Å². The lowest BCUT2D eigenvalue weighted by molar-refractivity contribution is -0.142. The molecule has 2 amide bonds. The van der Waals surface area contributed by atoms with Crippen LogP contribution in [0.2, 0.25) is 0 Å². The molecule has 0 spiro atoms. The average Bonchev–Trinajstić information content (AvgIpc) is 2.61. The molecular weight excluding hydrogens is 316 g/mol. The predicted octanol–water partition coefficient (Wildman–Crippen LogP) is 2.12. The molecule has 5 nitrogen and oxygen atoms in total. The zero-order chi connectivity index (χ0) is 18.4. The van der Waals surface area contributed by atoms with Crippen molar-refractivity contribution in [1.82, 2.24) is 10.2 Å². The van der Waals surface area contributed by atoms with Gasteiger partial charge in [0.15, 0.2) is 0 Å². The van der Waals surface area contributed by atoms with Crippen LogP contribution in [0.15, 0.2) is 24.3 Å². The molecule has 1 aliphatic rings. The van der Waals surface area contributed by atoms with Crippen molar-refractivity contribution in [2.45, 2.75) is 46.6 Å². The number of benzene rings is 1. The van der Waals surface area contributed by atoms with Gasteiger partial charge in [0.2, 0.25) is 11.8 Å². The summed E-state index contributed by atoms with van der Waals surface area (Å²) in [5.74, 6) is 0.258. The molecule has 2 rings (SSSR count). The molecular formula is C20H30N2O3. The molecule has 138 valence electrons. The van der Waals surface area contributed by atoms with Crippen LogP contribution in [0, 0.1) is 11.3 Å². The molecule has 0 aliphatic carbocycles. The first-order valence-corrected chi connectivity index (χ1v) is 9.07. The second kappa shape index (κ2) is 8.48. The van der Waals surface area contributed by atoms with E-state index in [1.807, 2.05) is 49.9 Å². The molecule has 1 aromatic rings. The van der Waals surface area contributed by atoms with Crippen LogP contribution < -0.4 is 5.32 Å². The minimum absolute atomic E-state index is 0.000725. The number of likely N-dealkylation sites (tertiary alicyclic amines) is 1. The second-order valence-corrected chi connectivity index (χ2v) is 7.83. The Hall–Kier alpha value is -1.88. The summed E-state index contributed by atoms with van der Waals surface area (Å²) < 4.78 is 0. The van der Waals surface area contributed by atoms with Gasteiger partial charge in [-0.2, -0.15) is 0 Å². The topological polar surface area (TPSA) is 69.6 Å². The maximum absolute atomic E-state index is 12.3. The van der Waals surface area contributed by atoms with Gasteiger partial charge in [-0.05, 0) is 30.4 Å². The van der Waals surface area contributed by atoms with Crippen LogP contribution >= 0.6 is 0 Å². The Kier molecular flexibility index (Phi) is 6.59. The smallest absolute Gasteiger partial charge is 0.227 e. The number of carbonyl (C=O) groups is 2. The molecule has 1 fully saturated rings. The second-order valence-electron chi connectivity index (χ2n) is 7.83. The Morgan fingerprint density at radius 3 is 2.20 bits per heavy atom. The number of rotatable bonds is 5. The Bertz CT molecular complexity index is 582. The fourth-order valence-electron chi connectivity index (χ4n) is 3.10. The van der Waals surface area contributed by atoms with E-state index >= 15 is 0 Å². The lowest BCUT2D eigenvalue weighted by Crippen LogP contribution is -2.46. The predicted molar refractivity (Wildman–Crippen MR) is 97.8 cm³/mol. The standard InChI is InChI=1S/C20H30N2O3/c1-20(2,3)19(25)22-12-9-17(10-13-22)18(24)21-11-8-15-4-6-16(14-23)7-5-15/h4-7,17,23H,8-14H2,1-3H3,(H,21,24).